The van der Waals surface area contributed by atoms with E-state index in [0.717, 1.165) is 30.1 Å². The maximum absolute atomic E-state index is 5.92. The summed E-state index contributed by atoms with van der Waals surface area (Å²) in [5.74, 6) is 1.08. The Morgan fingerprint density at radius 3 is 2.67 bits per heavy atom. The molecule has 0 atom stereocenters. The van der Waals surface area contributed by atoms with Gasteiger partial charge in [-0.25, -0.2) is 0 Å². The van der Waals surface area contributed by atoms with Gasteiger partial charge in [-0.2, -0.15) is 0 Å². The predicted octanol–water partition coefficient (Wildman–Crippen LogP) is 4.03. The third-order valence-electron chi connectivity index (χ3n) is 4.22. The van der Waals surface area contributed by atoms with Crippen LogP contribution in [0.5, 0.6) is 0 Å². The van der Waals surface area contributed by atoms with Gasteiger partial charge in [0.05, 0.1) is 6.54 Å². The molecule has 0 spiro atoms. The molecule has 0 radical (unpaired) electrons. The SMILES string of the molecule is CCNC(=S)N(Cc1nnc(-c2ccc(Cl)cc2)o1)C1CCCC1. The molecule has 1 aliphatic rings. The van der Waals surface area contributed by atoms with Crippen molar-refractivity contribution in [1.29, 1.82) is 0 Å². The van der Waals surface area contributed by atoms with Crippen LogP contribution in [0.4, 0.5) is 0 Å². The molecule has 0 amide bonds. The second-order valence-electron chi connectivity index (χ2n) is 5.91. The average molecular weight is 365 g/mol. The molecule has 1 fully saturated rings. The summed E-state index contributed by atoms with van der Waals surface area (Å²) in [5, 5.41) is 13.0. The van der Waals surface area contributed by atoms with Gasteiger partial charge in [0.15, 0.2) is 5.11 Å². The Kier molecular flexibility index (Phi) is 5.68. The Morgan fingerprint density at radius 2 is 2.00 bits per heavy atom. The lowest BCUT2D eigenvalue weighted by atomic mass is 10.2. The summed E-state index contributed by atoms with van der Waals surface area (Å²) in [6, 6.07) is 7.81. The molecule has 1 heterocycles. The van der Waals surface area contributed by atoms with Crippen LogP contribution in [-0.2, 0) is 6.54 Å². The fraction of sp³-hybridized carbons (Fsp3) is 0.471. The quantitative estimate of drug-likeness (QED) is 0.808. The fourth-order valence-electron chi connectivity index (χ4n) is 3.01. The first kappa shape index (κ1) is 17.2. The van der Waals surface area contributed by atoms with Crippen LogP contribution < -0.4 is 5.32 Å². The van der Waals surface area contributed by atoms with Crippen molar-refractivity contribution in [3.8, 4) is 11.5 Å². The molecule has 3 rings (SSSR count). The Morgan fingerprint density at radius 1 is 1.29 bits per heavy atom. The largest absolute Gasteiger partial charge is 0.419 e. The number of nitrogens with one attached hydrogen (secondary N) is 1. The molecule has 0 unspecified atom stereocenters. The Bertz CT molecular complexity index is 682. The molecular formula is C17H21ClN4OS. The molecule has 5 nitrogen and oxygen atoms in total. The minimum absolute atomic E-state index is 0.447. The molecule has 24 heavy (non-hydrogen) atoms. The highest BCUT2D eigenvalue weighted by Crippen LogP contribution is 2.26. The minimum Gasteiger partial charge on any atom is -0.419 e. The first-order chi connectivity index (χ1) is 11.7. The van der Waals surface area contributed by atoms with Gasteiger partial charge in [-0.15, -0.1) is 10.2 Å². The molecule has 1 N–H and O–H groups in total. The molecule has 2 aromatic rings. The maximum atomic E-state index is 5.92. The molecule has 1 aromatic carbocycles. The van der Waals surface area contributed by atoms with Crippen LogP contribution in [0.15, 0.2) is 28.7 Å². The van der Waals surface area contributed by atoms with Gasteiger partial charge in [0.25, 0.3) is 0 Å². The van der Waals surface area contributed by atoms with E-state index in [-0.39, 0.29) is 0 Å². The van der Waals surface area contributed by atoms with Gasteiger partial charge < -0.3 is 14.6 Å². The van der Waals surface area contributed by atoms with Crippen LogP contribution in [-0.4, -0.2) is 32.8 Å². The van der Waals surface area contributed by atoms with Crippen molar-refractivity contribution in [3.63, 3.8) is 0 Å². The number of thiocarbonyl (C=S) groups is 1. The number of nitrogens with zero attached hydrogens (tertiary/aromatic N) is 3. The van der Waals surface area contributed by atoms with E-state index in [0.29, 0.717) is 29.4 Å². The Balaban J connectivity index is 1.75. The smallest absolute Gasteiger partial charge is 0.247 e. The van der Waals surface area contributed by atoms with E-state index >= 15 is 0 Å². The number of halogens is 1. The summed E-state index contributed by atoms with van der Waals surface area (Å²) in [6.45, 7) is 3.39. The van der Waals surface area contributed by atoms with Crippen LogP contribution in [0.25, 0.3) is 11.5 Å². The summed E-state index contributed by atoms with van der Waals surface area (Å²) < 4.78 is 5.83. The lowest BCUT2D eigenvalue weighted by Gasteiger charge is -2.30. The van der Waals surface area contributed by atoms with E-state index in [2.05, 4.69) is 20.4 Å². The normalized spacial score (nSPS) is 14.8. The van der Waals surface area contributed by atoms with Crippen LogP contribution in [0, 0.1) is 0 Å². The van der Waals surface area contributed by atoms with Crippen LogP contribution >= 0.6 is 23.8 Å². The highest BCUT2D eigenvalue weighted by Gasteiger charge is 2.26. The highest BCUT2D eigenvalue weighted by atomic mass is 35.5. The van der Waals surface area contributed by atoms with E-state index < -0.39 is 0 Å². The summed E-state index contributed by atoms with van der Waals surface area (Å²) in [4.78, 5) is 2.19. The zero-order valence-electron chi connectivity index (χ0n) is 13.7. The minimum atomic E-state index is 0.447. The van der Waals surface area contributed by atoms with Crippen molar-refractivity contribution in [2.24, 2.45) is 0 Å². The van der Waals surface area contributed by atoms with E-state index in [9.17, 15) is 0 Å². The summed E-state index contributed by atoms with van der Waals surface area (Å²) in [6.07, 6.45) is 4.80. The molecule has 1 aliphatic carbocycles. The number of hydrogen-bond acceptors (Lipinski definition) is 4. The van der Waals surface area contributed by atoms with Gasteiger partial charge in [-0.05, 0) is 56.2 Å². The summed E-state index contributed by atoms with van der Waals surface area (Å²) >= 11 is 11.5. The van der Waals surface area contributed by atoms with Crippen molar-refractivity contribution in [2.75, 3.05) is 6.54 Å². The average Bonchev–Trinajstić information content (AvgIpc) is 3.25. The molecule has 0 bridgehead atoms. The Hall–Kier alpha value is -1.66. The van der Waals surface area contributed by atoms with Gasteiger partial charge in [-0.3, -0.25) is 0 Å². The molecule has 1 saturated carbocycles. The summed E-state index contributed by atoms with van der Waals surface area (Å²) in [7, 11) is 0. The molecule has 0 aliphatic heterocycles. The zero-order chi connectivity index (χ0) is 16.9. The number of benzene rings is 1. The Labute approximate surface area is 152 Å². The highest BCUT2D eigenvalue weighted by molar-refractivity contribution is 7.80. The van der Waals surface area contributed by atoms with Crippen molar-refractivity contribution in [1.82, 2.24) is 20.4 Å². The van der Waals surface area contributed by atoms with Crippen LogP contribution in [0.3, 0.4) is 0 Å². The van der Waals surface area contributed by atoms with Crippen molar-refractivity contribution in [2.45, 2.75) is 45.2 Å². The monoisotopic (exact) mass is 364 g/mol. The number of aromatic nitrogens is 2. The molecule has 1 aromatic heterocycles. The van der Waals surface area contributed by atoms with Gasteiger partial charge in [0.2, 0.25) is 11.8 Å². The molecular weight excluding hydrogens is 344 g/mol. The van der Waals surface area contributed by atoms with Gasteiger partial charge in [0, 0.05) is 23.2 Å². The standard InChI is InChI=1S/C17H21ClN4OS/c1-2-19-17(24)22(14-5-3-4-6-14)11-15-20-21-16(23-15)12-7-9-13(18)10-8-12/h7-10,14H,2-6,11H2,1H3,(H,19,24). The van der Waals surface area contributed by atoms with E-state index in [1.54, 1.807) is 0 Å². The second kappa shape index (κ2) is 7.94. The van der Waals surface area contributed by atoms with E-state index in [1.165, 1.54) is 12.8 Å². The van der Waals surface area contributed by atoms with Crippen molar-refractivity contribution in [3.05, 3.63) is 35.2 Å². The zero-order valence-corrected chi connectivity index (χ0v) is 15.2. The van der Waals surface area contributed by atoms with Gasteiger partial charge >= 0.3 is 0 Å². The lowest BCUT2D eigenvalue weighted by molar-refractivity contribution is 0.275. The van der Waals surface area contributed by atoms with Crippen molar-refractivity contribution >= 4 is 28.9 Å². The topological polar surface area (TPSA) is 54.2 Å². The van der Waals surface area contributed by atoms with Crippen LogP contribution in [0.2, 0.25) is 5.02 Å². The van der Waals surface area contributed by atoms with Gasteiger partial charge in [-0.1, -0.05) is 24.4 Å². The third-order valence-corrected chi connectivity index (χ3v) is 4.85. The predicted molar refractivity (Wildman–Crippen MR) is 98.8 cm³/mol. The third kappa shape index (κ3) is 4.05. The number of hydrogen-bond donors (Lipinski definition) is 1. The summed E-state index contributed by atoms with van der Waals surface area (Å²) in [5.41, 5.74) is 0.861. The van der Waals surface area contributed by atoms with Crippen molar-refractivity contribution < 1.29 is 4.42 Å². The maximum Gasteiger partial charge on any atom is 0.247 e. The fourth-order valence-corrected chi connectivity index (χ4v) is 3.49. The first-order valence-electron chi connectivity index (χ1n) is 8.30. The molecule has 128 valence electrons. The van der Waals surface area contributed by atoms with Crippen LogP contribution in [0.1, 0.15) is 38.5 Å². The molecule has 0 saturated heterocycles. The van der Waals surface area contributed by atoms with E-state index in [4.69, 9.17) is 28.2 Å². The van der Waals surface area contributed by atoms with E-state index in [1.807, 2.05) is 31.2 Å². The first-order valence-corrected chi connectivity index (χ1v) is 9.08. The lowest BCUT2D eigenvalue weighted by Crippen LogP contribution is -2.44. The van der Waals surface area contributed by atoms with Gasteiger partial charge in [0.1, 0.15) is 0 Å². The number of rotatable bonds is 5. The second-order valence-corrected chi connectivity index (χ2v) is 6.73. The molecule has 7 heteroatoms.